The molecule has 0 aromatic carbocycles. The summed E-state index contributed by atoms with van der Waals surface area (Å²) in [4.78, 5) is 86.6. The molecule has 0 saturated heterocycles. The molecule has 0 rings (SSSR count). The molecule has 0 spiro atoms. The first-order valence-corrected chi connectivity index (χ1v) is 10.9. The van der Waals surface area contributed by atoms with Gasteiger partial charge in [0.1, 0.15) is 0 Å². The first kappa shape index (κ1) is 56.0. The molecule has 1 unspecified atom stereocenters. The number of carboxylic acids is 8. The molecule has 0 aromatic rings. The van der Waals surface area contributed by atoms with Gasteiger partial charge in [-0.05, 0) is 0 Å². The molecule has 7 N–H and O–H groups in total. The number of carboxylic acid groups (broad SMARTS) is 8. The smallest absolute Gasteiger partial charge is 0.550 e. The summed E-state index contributed by atoms with van der Waals surface area (Å²) in [5, 5.41) is 78.8. The van der Waals surface area contributed by atoms with E-state index in [1.165, 1.54) is 0 Å². The van der Waals surface area contributed by atoms with Crippen LogP contribution in [0.3, 0.4) is 0 Å². The average molecular weight is 672 g/mol. The van der Waals surface area contributed by atoms with Crippen LogP contribution in [-0.2, 0) is 38.4 Å². The summed E-state index contributed by atoms with van der Waals surface area (Å²) in [5.74, 6) is -11.7. The Morgan fingerprint density at radius 1 is 0.591 bits per heavy atom. The Balaban J connectivity index is -0.000000150. The van der Waals surface area contributed by atoms with Gasteiger partial charge in [0.05, 0.1) is 32.1 Å². The summed E-state index contributed by atoms with van der Waals surface area (Å²) in [6.45, 7) is -3.18. The predicted octanol–water partition coefficient (Wildman–Crippen LogP) is -21.2. The molecule has 0 aromatic heterocycles. The fourth-order valence-corrected chi connectivity index (χ4v) is 3.20. The number of nitrogens with two attached hydrogens (primary N) is 1. The maximum atomic E-state index is 10.7. The maximum Gasteiger partial charge on any atom is 1.00 e. The van der Waals surface area contributed by atoms with Crippen LogP contribution in [0, 0.1) is 0 Å². The van der Waals surface area contributed by atoms with Gasteiger partial charge in [-0.25, -0.2) is 0 Å². The van der Waals surface area contributed by atoms with Crippen molar-refractivity contribution in [1.82, 2.24) is 15.1 Å². The fraction of sp³-hybridized carbons (Fsp3) is 0.600. The predicted molar refractivity (Wildman–Crippen MR) is 116 cm³/mol. The van der Waals surface area contributed by atoms with Crippen molar-refractivity contribution in [1.29, 1.82) is 0 Å². The summed E-state index contributed by atoms with van der Waals surface area (Å²) in [6.07, 6.45) is -2.94. The molecule has 0 aliphatic carbocycles. The molecule has 0 heterocycles. The second-order valence-electron chi connectivity index (χ2n) is 8.16. The van der Waals surface area contributed by atoms with E-state index in [9.17, 15) is 58.8 Å². The number of nitrogens with zero attached hydrogens (tertiary/aromatic N) is 2. The molecular weight excluding hydrogens is 644 g/mol. The van der Waals surface area contributed by atoms with Gasteiger partial charge < -0.3 is 71.1 Å². The van der Waals surface area contributed by atoms with E-state index in [0.29, 0.717) is 0 Å². The molecule has 44 heavy (non-hydrogen) atoms. The average Bonchev–Trinajstić information content (AvgIpc) is 2.73. The van der Waals surface area contributed by atoms with Crippen molar-refractivity contribution in [2.24, 2.45) is 5.73 Å². The van der Waals surface area contributed by atoms with Gasteiger partial charge in [0.15, 0.2) is 0 Å². The van der Waals surface area contributed by atoms with Gasteiger partial charge in [-0.3, -0.25) is 29.0 Å². The summed E-state index contributed by atoms with van der Waals surface area (Å²) in [5.41, 5.74) is 3.39. The number of aliphatic carboxylic acids is 8. The van der Waals surface area contributed by atoms with Crippen molar-refractivity contribution in [3.63, 3.8) is 0 Å². The Bertz CT molecular complexity index is 875. The minimum atomic E-state index is -2.07. The molecular formula is C20H28N4Na4O16. The SMILES string of the molecule is NC(CC(=O)[O-])C(CC(=O)[O-])(CC(=O)[O-])NCC(=O)[O-].O=C(O)CN(CCN(CC(=O)O)CC(=O)O)CC(=O)O.[Na+].[Na+].[Na+].[Na+]. The first-order valence-electron chi connectivity index (χ1n) is 10.9. The van der Waals surface area contributed by atoms with Crippen LogP contribution in [0.2, 0.25) is 0 Å². The number of hydrogen-bond donors (Lipinski definition) is 6. The van der Waals surface area contributed by atoms with Crippen LogP contribution >= 0.6 is 0 Å². The molecule has 0 radical (unpaired) electrons. The van der Waals surface area contributed by atoms with Crippen LogP contribution in [0.15, 0.2) is 0 Å². The van der Waals surface area contributed by atoms with Crippen LogP contribution in [0.4, 0.5) is 0 Å². The van der Waals surface area contributed by atoms with E-state index in [2.05, 4.69) is 5.32 Å². The Morgan fingerprint density at radius 3 is 1.09 bits per heavy atom. The van der Waals surface area contributed by atoms with Crippen LogP contribution in [-0.4, -0.2) is 135 Å². The summed E-state index contributed by atoms with van der Waals surface area (Å²) < 4.78 is 0. The van der Waals surface area contributed by atoms with Crippen LogP contribution in [0.25, 0.3) is 0 Å². The van der Waals surface area contributed by atoms with Gasteiger partial charge in [0.25, 0.3) is 0 Å². The zero-order valence-electron chi connectivity index (χ0n) is 24.8. The quantitative estimate of drug-likeness (QED) is 0.0616. The number of carbonyl (C=O) groups is 8. The largest absolute Gasteiger partial charge is 1.00 e. The summed E-state index contributed by atoms with van der Waals surface area (Å²) >= 11 is 0. The van der Waals surface area contributed by atoms with E-state index in [1.54, 1.807) is 0 Å². The second kappa shape index (κ2) is 30.0. The standard InChI is InChI=1S/2C10H16N2O8.4Na/c11-5(1-6(13)14)10(2-7(15)16,3-8(17)18)12-4-9(19)20;13-7(14)3-11(4-8(15)16)1-2-12(5-9(17)18)6-10(19)20;;;;/h5,12H,1-4,11H2,(H,13,14)(H,15,16)(H,17,18)(H,19,20);1-6H2,(H,13,14)(H,15,16)(H,17,18)(H,19,20);;;;/q;;4*+1/p-4. The van der Waals surface area contributed by atoms with Crippen molar-refractivity contribution in [3.05, 3.63) is 0 Å². The van der Waals surface area contributed by atoms with Gasteiger partial charge in [-0.1, -0.05) is 0 Å². The number of rotatable bonds is 21. The van der Waals surface area contributed by atoms with Crippen molar-refractivity contribution in [2.75, 3.05) is 45.8 Å². The van der Waals surface area contributed by atoms with Crippen LogP contribution in [0.5, 0.6) is 0 Å². The third-order valence-corrected chi connectivity index (χ3v) is 4.77. The number of carbonyl (C=O) groups excluding carboxylic acids is 4. The summed E-state index contributed by atoms with van der Waals surface area (Å²) in [6, 6.07) is -1.55. The Hall–Kier alpha value is -0.400. The topological polar surface area (TPSA) is 354 Å². The molecule has 0 fully saturated rings. The van der Waals surface area contributed by atoms with E-state index in [4.69, 9.17) is 26.2 Å². The van der Waals surface area contributed by atoms with Gasteiger partial charge in [0.2, 0.25) is 0 Å². The van der Waals surface area contributed by atoms with Gasteiger partial charge >= 0.3 is 142 Å². The molecule has 20 nitrogen and oxygen atoms in total. The normalized spacial score (nSPS) is 10.6. The van der Waals surface area contributed by atoms with Crippen LogP contribution < -0.4 is 150 Å². The monoisotopic (exact) mass is 672 g/mol. The van der Waals surface area contributed by atoms with Crippen molar-refractivity contribution < 1.29 is 197 Å². The molecule has 0 saturated carbocycles. The van der Waals surface area contributed by atoms with Gasteiger partial charge in [0, 0.05) is 68.4 Å². The molecule has 228 valence electrons. The second-order valence-corrected chi connectivity index (χ2v) is 8.16. The Kier molecular flexibility index (Phi) is 38.1. The molecule has 1 atom stereocenters. The summed E-state index contributed by atoms with van der Waals surface area (Å²) in [7, 11) is 0. The zero-order chi connectivity index (χ0) is 31.6. The first-order chi connectivity index (χ1) is 18.3. The van der Waals surface area contributed by atoms with E-state index in [0.717, 1.165) is 9.80 Å². The third kappa shape index (κ3) is 31.6. The van der Waals surface area contributed by atoms with Crippen molar-refractivity contribution in [2.45, 2.75) is 30.8 Å². The minimum Gasteiger partial charge on any atom is -0.550 e. The number of hydrogen-bond acceptors (Lipinski definition) is 16. The third-order valence-electron chi connectivity index (χ3n) is 4.77. The van der Waals surface area contributed by atoms with Crippen LogP contribution in [0.1, 0.15) is 19.3 Å². The maximum absolute atomic E-state index is 10.7. The van der Waals surface area contributed by atoms with Gasteiger partial charge in [-0.2, -0.15) is 0 Å². The Morgan fingerprint density at radius 2 is 0.886 bits per heavy atom. The zero-order valence-corrected chi connectivity index (χ0v) is 32.8. The van der Waals surface area contributed by atoms with Crippen molar-refractivity contribution in [3.8, 4) is 0 Å². The fourth-order valence-electron chi connectivity index (χ4n) is 3.20. The molecule has 24 heteroatoms. The molecule has 0 amide bonds. The van der Waals surface area contributed by atoms with E-state index in [-0.39, 0.29) is 131 Å². The molecule has 0 bridgehead atoms. The molecule has 0 aliphatic rings. The van der Waals surface area contributed by atoms with E-state index < -0.39 is 111 Å². The van der Waals surface area contributed by atoms with Gasteiger partial charge in [-0.15, -0.1) is 0 Å². The minimum absolute atomic E-state index is 0. The Labute approximate surface area is 338 Å². The molecule has 0 aliphatic heterocycles. The van der Waals surface area contributed by atoms with Crippen molar-refractivity contribution >= 4 is 47.8 Å². The van der Waals surface area contributed by atoms with E-state index in [1.807, 2.05) is 0 Å². The van der Waals surface area contributed by atoms with E-state index >= 15 is 0 Å². The number of nitrogens with one attached hydrogen (secondary N) is 1.